The smallest absolute Gasteiger partial charge is 0.0696 e. The summed E-state index contributed by atoms with van der Waals surface area (Å²) in [5, 5.41) is 7.70. The summed E-state index contributed by atoms with van der Waals surface area (Å²) in [7, 11) is 5.40. The average Bonchev–Trinajstić information content (AvgIpc) is 2.74. The lowest BCUT2D eigenvalue weighted by Gasteiger charge is -2.18. The molecule has 1 rings (SSSR count). The molecule has 1 heterocycles. The van der Waals surface area contributed by atoms with Crippen molar-refractivity contribution < 1.29 is 9.47 Å². The summed E-state index contributed by atoms with van der Waals surface area (Å²) in [5.74, 6) is 0. The van der Waals surface area contributed by atoms with Crippen LogP contribution in [-0.4, -0.2) is 44.3 Å². The van der Waals surface area contributed by atoms with Gasteiger partial charge in [0.05, 0.1) is 35.6 Å². The highest BCUT2D eigenvalue weighted by atomic mass is 79.9. The molecular formula is C12H22BrN3O2. The number of nitrogens with one attached hydrogen (secondary N) is 1. The highest BCUT2D eigenvalue weighted by molar-refractivity contribution is 9.10. The molecule has 1 N–H and O–H groups in total. The Morgan fingerprint density at radius 1 is 1.39 bits per heavy atom. The summed E-state index contributed by atoms with van der Waals surface area (Å²) < 4.78 is 13.2. The van der Waals surface area contributed by atoms with Gasteiger partial charge in [-0.15, -0.1) is 0 Å². The van der Waals surface area contributed by atoms with Gasteiger partial charge in [0.15, 0.2) is 0 Å². The quantitative estimate of drug-likeness (QED) is 0.707. The fourth-order valence-corrected chi connectivity index (χ4v) is 2.50. The van der Waals surface area contributed by atoms with Gasteiger partial charge in [0.2, 0.25) is 0 Å². The minimum atomic E-state index is 0.272. The van der Waals surface area contributed by atoms with Gasteiger partial charge in [0, 0.05) is 20.8 Å². The molecule has 1 atom stereocenters. The van der Waals surface area contributed by atoms with Crippen LogP contribution in [0.2, 0.25) is 0 Å². The van der Waals surface area contributed by atoms with Gasteiger partial charge in [-0.3, -0.25) is 4.68 Å². The van der Waals surface area contributed by atoms with Crippen LogP contribution in [0.3, 0.4) is 0 Å². The second-order valence-corrected chi connectivity index (χ2v) is 4.92. The third-order valence-corrected chi connectivity index (χ3v) is 3.47. The third kappa shape index (κ3) is 4.35. The number of rotatable bonds is 9. The maximum absolute atomic E-state index is 5.11. The molecule has 0 aliphatic rings. The van der Waals surface area contributed by atoms with E-state index in [1.54, 1.807) is 14.2 Å². The van der Waals surface area contributed by atoms with Gasteiger partial charge < -0.3 is 14.8 Å². The van der Waals surface area contributed by atoms with E-state index in [1.807, 2.05) is 17.9 Å². The second-order valence-electron chi connectivity index (χ2n) is 4.07. The molecular weight excluding hydrogens is 298 g/mol. The van der Waals surface area contributed by atoms with Gasteiger partial charge in [-0.2, -0.15) is 5.10 Å². The standard InChI is InChI=1S/C12H22BrN3O2/c1-14-11(5-4-7-17-2)12-10(13)9-15-16(12)6-8-18-3/h9,11,14H,4-8H2,1-3H3. The lowest BCUT2D eigenvalue weighted by Crippen LogP contribution is -2.22. The highest BCUT2D eigenvalue weighted by Crippen LogP contribution is 2.26. The van der Waals surface area contributed by atoms with Gasteiger partial charge in [-0.05, 0) is 35.8 Å². The third-order valence-electron chi connectivity index (χ3n) is 2.86. The lowest BCUT2D eigenvalue weighted by molar-refractivity contribution is 0.179. The molecule has 0 aliphatic heterocycles. The van der Waals surface area contributed by atoms with Crippen molar-refractivity contribution in [3.05, 3.63) is 16.4 Å². The molecule has 104 valence electrons. The summed E-state index contributed by atoms with van der Waals surface area (Å²) in [4.78, 5) is 0. The maximum Gasteiger partial charge on any atom is 0.0696 e. The van der Waals surface area contributed by atoms with Crippen LogP contribution in [0.4, 0.5) is 0 Å². The number of hydrogen-bond acceptors (Lipinski definition) is 4. The minimum Gasteiger partial charge on any atom is -0.385 e. The fourth-order valence-electron chi connectivity index (χ4n) is 1.92. The summed E-state index contributed by atoms with van der Waals surface area (Å²) in [6, 6.07) is 0.272. The first kappa shape index (κ1) is 15.6. The van der Waals surface area contributed by atoms with Crippen molar-refractivity contribution in [2.24, 2.45) is 0 Å². The van der Waals surface area contributed by atoms with Crippen molar-refractivity contribution >= 4 is 15.9 Å². The van der Waals surface area contributed by atoms with Crippen molar-refractivity contribution in [2.45, 2.75) is 25.4 Å². The Morgan fingerprint density at radius 2 is 2.11 bits per heavy atom. The van der Waals surface area contributed by atoms with Crippen molar-refractivity contribution in [3.8, 4) is 0 Å². The summed E-state index contributed by atoms with van der Waals surface area (Å²) in [5.41, 5.74) is 1.17. The van der Waals surface area contributed by atoms with E-state index in [0.717, 1.165) is 30.5 Å². The number of aromatic nitrogens is 2. The molecule has 0 aliphatic carbocycles. The van der Waals surface area contributed by atoms with E-state index in [0.29, 0.717) is 6.61 Å². The van der Waals surface area contributed by atoms with E-state index < -0.39 is 0 Å². The number of methoxy groups -OCH3 is 2. The zero-order valence-corrected chi connectivity index (χ0v) is 12.9. The molecule has 0 saturated heterocycles. The zero-order valence-electron chi connectivity index (χ0n) is 11.3. The lowest BCUT2D eigenvalue weighted by atomic mass is 10.1. The molecule has 0 fully saturated rings. The van der Waals surface area contributed by atoms with Crippen LogP contribution in [0, 0.1) is 0 Å². The summed E-state index contributed by atoms with van der Waals surface area (Å²) in [6.07, 6.45) is 3.87. The number of halogens is 1. The van der Waals surface area contributed by atoms with Crippen LogP contribution in [-0.2, 0) is 16.0 Å². The first-order chi connectivity index (χ1) is 8.74. The van der Waals surface area contributed by atoms with Crippen LogP contribution in [0.5, 0.6) is 0 Å². The van der Waals surface area contributed by atoms with Crippen LogP contribution in [0.15, 0.2) is 10.7 Å². The van der Waals surface area contributed by atoms with Crippen molar-refractivity contribution in [3.63, 3.8) is 0 Å². The predicted octanol–water partition coefficient (Wildman–Crippen LogP) is 1.98. The van der Waals surface area contributed by atoms with Crippen LogP contribution < -0.4 is 5.32 Å². The molecule has 0 radical (unpaired) electrons. The Hall–Kier alpha value is -0.430. The number of ether oxygens (including phenoxy) is 2. The van der Waals surface area contributed by atoms with E-state index >= 15 is 0 Å². The van der Waals surface area contributed by atoms with E-state index in [4.69, 9.17) is 9.47 Å². The Morgan fingerprint density at radius 3 is 2.72 bits per heavy atom. The fraction of sp³-hybridized carbons (Fsp3) is 0.750. The molecule has 6 heteroatoms. The van der Waals surface area contributed by atoms with Crippen LogP contribution in [0.25, 0.3) is 0 Å². The van der Waals surface area contributed by atoms with Gasteiger partial charge >= 0.3 is 0 Å². The molecule has 0 amide bonds. The molecule has 0 spiro atoms. The Kier molecular flexibility index (Phi) is 7.50. The highest BCUT2D eigenvalue weighted by Gasteiger charge is 2.18. The SMILES string of the molecule is CNC(CCCOC)c1c(Br)cnn1CCOC. The van der Waals surface area contributed by atoms with E-state index in [-0.39, 0.29) is 6.04 Å². The molecule has 5 nitrogen and oxygen atoms in total. The molecule has 1 unspecified atom stereocenters. The normalized spacial score (nSPS) is 12.9. The molecule has 1 aromatic heterocycles. The summed E-state index contributed by atoms with van der Waals surface area (Å²) in [6.45, 7) is 2.21. The van der Waals surface area contributed by atoms with E-state index in [9.17, 15) is 0 Å². The average molecular weight is 320 g/mol. The summed E-state index contributed by atoms with van der Waals surface area (Å²) >= 11 is 3.56. The zero-order chi connectivity index (χ0) is 13.4. The molecule has 0 bridgehead atoms. The van der Waals surface area contributed by atoms with Gasteiger partial charge in [-0.1, -0.05) is 0 Å². The van der Waals surface area contributed by atoms with Crippen LogP contribution >= 0.6 is 15.9 Å². The second kappa shape index (κ2) is 8.63. The van der Waals surface area contributed by atoms with Crippen molar-refractivity contribution in [1.29, 1.82) is 0 Å². The van der Waals surface area contributed by atoms with Crippen LogP contribution in [0.1, 0.15) is 24.6 Å². The van der Waals surface area contributed by atoms with Gasteiger partial charge in [0.1, 0.15) is 0 Å². The van der Waals surface area contributed by atoms with Gasteiger partial charge in [0.25, 0.3) is 0 Å². The van der Waals surface area contributed by atoms with E-state index in [2.05, 4.69) is 26.3 Å². The monoisotopic (exact) mass is 319 g/mol. The topological polar surface area (TPSA) is 48.3 Å². The molecule has 0 aromatic carbocycles. The number of hydrogen-bond donors (Lipinski definition) is 1. The maximum atomic E-state index is 5.11. The first-order valence-electron chi connectivity index (χ1n) is 6.11. The largest absolute Gasteiger partial charge is 0.385 e. The number of nitrogens with zero attached hydrogens (tertiary/aromatic N) is 2. The molecule has 0 saturated carbocycles. The Bertz CT molecular complexity index is 344. The van der Waals surface area contributed by atoms with E-state index in [1.165, 1.54) is 5.69 Å². The van der Waals surface area contributed by atoms with Crippen molar-refractivity contribution in [2.75, 3.05) is 34.5 Å². The minimum absolute atomic E-state index is 0.272. The first-order valence-corrected chi connectivity index (χ1v) is 6.90. The Balaban J connectivity index is 2.73. The van der Waals surface area contributed by atoms with Crippen molar-refractivity contribution in [1.82, 2.24) is 15.1 Å². The van der Waals surface area contributed by atoms with Gasteiger partial charge in [-0.25, -0.2) is 0 Å². The predicted molar refractivity (Wildman–Crippen MR) is 74.7 cm³/mol. The molecule has 1 aromatic rings. The molecule has 18 heavy (non-hydrogen) atoms. The Labute approximate surface area is 117 Å².